The SMILES string of the molecule is CC(C)(C)OC(=O)N1CCC[C@H](C[S@](=O)c2nc3ccc([N+](=O)[O-])cc3[nH]2)C1. The fourth-order valence-electron chi connectivity index (χ4n) is 3.18. The van der Waals surface area contributed by atoms with Gasteiger partial charge in [-0.05, 0) is 45.6 Å². The Kier molecular flexibility index (Phi) is 5.69. The number of benzene rings is 1. The maximum Gasteiger partial charge on any atom is 0.410 e. The summed E-state index contributed by atoms with van der Waals surface area (Å²) >= 11 is 0. The summed E-state index contributed by atoms with van der Waals surface area (Å²) in [5.41, 5.74) is 0.419. The minimum absolute atomic E-state index is 0.0474. The van der Waals surface area contributed by atoms with E-state index in [1.54, 1.807) is 4.90 Å². The van der Waals surface area contributed by atoms with E-state index < -0.39 is 21.3 Å². The van der Waals surface area contributed by atoms with Crippen LogP contribution in [-0.4, -0.2) is 54.5 Å². The molecule has 0 spiro atoms. The molecule has 1 amide bonds. The highest BCUT2D eigenvalue weighted by atomic mass is 32.2. The lowest BCUT2D eigenvalue weighted by molar-refractivity contribution is -0.384. The number of carbonyl (C=O) groups is 1. The molecule has 2 atom stereocenters. The number of nitro benzene ring substituents is 1. The van der Waals surface area contributed by atoms with Crippen molar-refractivity contribution in [3.05, 3.63) is 28.3 Å². The van der Waals surface area contributed by atoms with Crippen LogP contribution in [0.15, 0.2) is 23.4 Å². The number of imidazole rings is 1. The number of fused-ring (bicyclic) bond motifs is 1. The van der Waals surface area contributed by atoms with Crippen molar-refractivity contribution in [2.75, 3.05) is 18.8 Å². The first-order valence-corrected chi connectivity index (χ1v) is 10.4. The van der Waals surface area contributed by atoms with Crippen LogP contribution >= 0.6 is 0 Å². The average Bonchev–Trinajstić information content (AvgIpc) is 3.04. The Hall–Kier alpha value is -2.49. The van der Waals surface area contributed by atoms with Crippen LogP contribution in [-0.2, 0) is 15.5 Å². The lowest BCUT2D eigenvalue weighted by Crippen LogP contribution is -2.44. The van der Waals surface area contributed by atoms with Gasteiger partial charge in [0.25, 0.3) is 5.69 Å². The first kappa shape index (κ1) is 20.2. The number of likely N-dealkylation sites (tertiary alicyclic amines) is 1. The van der Waals surface area contributed by atoms with Gasteiger partial charge in [-0.2, -0.15) is 0 Å². The average molecular weight is 408 g/mol. The number of hydrogen-bond donors (Lipinski definition) is 1. The number of rotatable bonds is 4. The molecule has 1 saturated heterocycles. The van der Waals surface area contributed by atoms with Crippen LogP contribution in [0.3, 0.4) is 0 Å². The van der Waals surface area contributed by atoms with Gasteiger partial charge in [0.2, 0.25) is 0 Å². The third kappa shape index (κ3) is 4.86. The summed E-state index contributed by atoms with van der Waals surface area (Å²) in [5, 5.41) is 11.2. The molecular weight excluding hydrogens is 384 g/mol. The zero-order valence-electron chi connectivity index (χ0n) is 16.1. The minimum atomic E-state index is -1.39. The van der Waals surface area contributed by atoms with Gasteiger partial charge in [-0.25, -0.2) is 9.78 Å². The number of piperidine rings is 1. The highest BCUT2D eigenvalue weighted by molar-refractivity contribution is 7.84. The van der Waals surface area contributed by atoms with E-state index in [0.717, 1.165) is 12.8 Å². The van der Waals surface area contributed by atoms with Crippen LogP contribution in [0.1, 0.15) is 33.6 Å². The quantitative estimate of drug-likeness (QED) is 0.613. The molecule has 1 aliphatic heterocycles. The Balaban J connectivity index is 1.66. The van der Waals surface area contributed by atoms with Gasteiger partial charge in [-0.15, -0.1) is 0 Å². The predicted molar refractivity (Wildman–Crippen MR) is 105 cm³/mol. The van der Waals surface area contributed by atoms with E-state index in [4.69, 9.17) is 4.74 Å². The molecule has 3 rings (SSSR count). The van der Waals surface area contributed by atoms with E-state index in [-0.39, 0.29) is 17.7 Å². The van der Waals surface area contributed by atoms with E-state index in [1.807, 2.05) is 20.8 Å². The molecule has 1 aromatic heterocycles. The van der Waals surface area contributed by atoms with E-state index in [2.05, 4.69) is 9.97 Å². The zero-order valence-corrected chi connectivity index (χ0v) is 17.0. The third-order valence-electron chi connectivity index (χ3n) is 4.43. The zero-order chi connectivity index (χ0) is 20.5. The van der Waals surface area contributed by atoms with Gasteiger partial charge in [0.1, 0.15) is 5.60 Å². The van der Waals surface area contributed by atoms with Crippen molar-refractivity contribution >= 4 is 33.6 Å². The summed E-state index contributed by atoms with van der Waals surface area (Å²) in [4.78, 5) is 31.6. The summed E-state index contributed by atoms with van der Waals surface area (Å²) in [6, 6.07) is 4.29. The number of nitrogens with zero attached hydrogens (tertiary/aromatic N) is 3. The highest BCUT2D eigenvalue weighted by Gasteiger charge is 2.29. The molecule has 0 bridgehead atoms. The van der Waals surface area contributed by atoms with E-state index >= 15 is 0 Å². The molecule has 0 radical (unpaired) electrons. The second-order valence-electron chi connectivity index (χ2n) is 7.95. The normalized spacial score (nSPS) is 18.8. The summed E-state index contributed by atoms with van der Waals surface area (Å²) in [7, 11) is -1.39. The van der Waals surface area contributed by atoms with Gasteiger partial charge >= 0.3 is 6.09 Å². The summed E-state index contributed by atoms with van der Waals surface area (Å²) in [6.45, 7) is 6.60. The van der Waals surface area contributed by atoms with Crippen molar-refractivity contribution < 1.29 is 18.7 Å². The van der Waals surface area contributed by atoms with Crippen LogP contribution in [0.5, 0.6) is 0 Å². The Labute approximate surface area is 165 Å². The van der Waals surface area contributed by atoms with Crippen molar-refractivity contribution in [3.8, 4) is 0 Å². The predicted octanol–water partition coefficient (Wildman–Crippen LogP) is 3.23. The molecule has 1 aromatic carbocycles. The number of nitrogens with one attached hydrogen (secondary N) is 1. The number of carbonyl (C=O) groups excluding carboxylic acids is 1. The molecule has 9 nitrogen and oxygen atoms in total. The molecule has 28 heavy (non-hydrogen) atoms. The second kappa shape index (κ2) is 7.86. The number of hydrogen-bond acceptors (Lipinski definition) is 6. The third-order valence-corrected chi connectivity index (χ3v) is 5.83. The van der Waals surface area contributed by atoms with Crippen LogP contribution in [0.25, 0.3) is 11.0 Å². The van der Waals surface area contributed by atoms with Crippen molar-refractivity contribution in [1.82, 2.24) is 14.9 Å². The summed E-state index contributed by atoms with van der Waals surface area (Å²) < 4.78 is 18.2. The van der Waals surface area contributed by atoms with E-state index in [9.17, 15) is 19.1 Å². The number of non-ortho nitro benzene ring substituents is 1. The number of aromatic amines is 1. The molecule has 0 aliphatic carbocycles. The number of amides is 1. The monoisotopic (exact) mass is 408 g/mol. The Morgan fingerprint density at radius 3 is 2.89 bits per heavy atom. The highest BCUT2D eigenvalue weighted by Crippen LogP contribution is 2.23. The Morgan fingerprint density at radius 2 is 2.21 bits per heavy atom. The summed E-state index contributed by atoms with van der Waals surface area (Å²) in [5.74, 6) is 0.436. The second-order valence-corrected chi connectivity index (χ2v) is 9.36. The van der Waals surface area contributed by atoms with E-state index in [1.165, 1.54) is 18.2 Å². The fraction of sp³-hybridized carbons (Fsp3) is 0.556. The lowest BCUT2D eigenvalue weighted by Gasteiger charge is -2.33. The first-order valence-electron chi connectivity index (χ1n) is 9.13. The maximum atomic E-state index is 12.8. The minimum Gasteiger partial charge on any atom is -0.444 e. The lowest BCUT2D eigenvalue weighted by atomic mass is 10.0. The van der Waals surface area contributed by atoms with E-state index in [0.29, 0.717) is 35.0 Å². The molecule has 1 fully saturated rings. The fourth-order valence-corrected chi connectivity index (χ4v) is 4.46. The molecule has 1 aliphatic rings. The standard InChI is InChI=1S/C18H24N4O5S/c1-18(2,3)27-17(23)21-8-4-5-12(10-21)11-28(26)16-19-14-7-6-13(22(24)25)9-15(14)20-16/h6-7,9,12H,4-5,8,10-11H2,1-3H3,(H,19,20)/t12-,28-/m0/s1. The van der Waals surface area contributed by atoms with Crippen LogP contribution in [0.4, 0.5) is 10.5 Å². The Bertz CT molecular complexity index is 920. The van der Waals surface area contributed by atoms with Gasteiger partial charge in [0, 0.05) is 31.0 Å². The van der Waals surface area contributed by atoms with Crippen LogP contribution in [0.2, 0.25) is 0 Å². The molecule has 10 heteroatoms. The first-order chi connectivity index (χ1) is 13.1. The molecule has 2 heterocycles. The molecule has 1 N–H and O–H groups in total. The van der Waals surface area contributed by atoms with Crippen molar-refractivity contribution in [2.24, 2.45) is 5.92 Å². The number of aromatic nitrogens is 2. The van der Waals surface area contributed by atoms with Crippen LogP contribution < -0.4 is 0 Å². The number of H-pyrrole nitrogens is 1. The van der Waals surface area contributed by atoms with Gasteiger partial charge in [-0.3, -0.25) is 14.3 Å². The number of ether oxygens (including phenoxy) is 1. The van der Waals surface area contributed by atoms with Gasteiger partial charge < -0.3 is 14.6 Å². The molecule has 0 unspecified atom stereocenters. The molecule has 2 aromatic rings. The smallest absolute Gasteiger partial charge is 0.410 e. The molecular formula is C18H24N4O5S. The topological polar surface area (TPSA) is 118 Å². The van der Waals surface area contributed by atoms with Crippen LogP contribution in [0, 0.1) is 16.0 Å². The molecule has 152 valence electrons. The number of nitro groups is 1. The summed E-state index contributed by atoms with van der Waals surface area (Å²) in [6.07, 6.45) is 1.35. The molecule has 0 saturated carbocycles. The van der Waals surface area contributed by atoms with Gasteiger partial charge in [0.15, 0.2) is 5.16 Å². The van der Waals surface area contributed by atoms with Gasteiger partial charge in [-0.1, -0.05) is 0 Å². The van der Waals surface area contributed by atoms with Crippen molar-refractivity contribution in [2.45, 2.75) is 44.4 Å². The maximum absolute atomic E-state index is 12.8. The Morgan fingerprint density at radius 1 is 1.46 bits per heavy atom. The largest absolute Gasteiger partial charge is 0.444 e. The van der Waals surface area contributed by atoms with Crippen molar-refractivity contribution in [1.29, 1.82) is 0 Å². The van der Waals surface area contributed by atoms with Crippen molar-refractivity contribution in [3.63, 3.8) is 0 Å². The van der Waals surface area contributed by atoms with Gasteiger partial charge in [0.05, 0.1) is 26.8 Å².